The van der Waals surface area contributed by atoms with E-state index in [0.29, 0.717) is 19.5 Å². The van der Waals surface area contributed by atoms with Crippen LogP contribution < -0.4 is 5.32 Å². The van der Waals surface area contributed by atoms with Gasteiger partial charge in [0.1, 0.15) is 5.60 Å². The van der Waals surface area contributed by atoms with Crippen molar-refractivity contribution in [3.63, 3.8) is 0 Å². The summed E-state index contributed by atoms with van der Waals surface area (Å²) in [6.07, 6.45) is 0.981. The van der Waals surface area contributed by atoms with Gasteiger partial charge in [0, 0.05) is 19.1 Å². The van der Waals surface area contributed by atoms with E-state index in [1.165, 1.54) is 0 Å². The predicted molar refractivity (Wildman–Crippen MR) is 68.7 cm³/mol. The van der Waals surface area contributed by atoms with E-state index in [-0.39, 0.29) is 12.6 Å². The number of nitrogens with one attached hydrogen (secondary N) is 1. The number of carbonyl (C=O) groups is 1. The molecule has 1 amide bonds. The lowest BCUT2D eigenvalue weighted by Gasteiger charge is -2.44. The summed E-state index contributed by atoms with van der Waals surface area (Å²) in [5, 5.41) is 3.18. The van der Waals surface area contributed by atoms with Gasteiger partial charge in [-0.15, -0.1) is 0 Å². The number of hydrogen-bond donors (Lipinski definition) is 1. The van der Waals surface area contributed by atoms with Gasteiger partial charge >= 0.3 is 12.7 Å². The first-order chi connectivity index (χ1) is 9.23. The van der Waals surface area contributed by atoms with Gasteiger partial charge < -0.3 is 14.8 Å². The van der Waals surface area contributed by atoms with Crippen molar-refractivity contribution in [3.05, 3.63) is 0 Å². The molecule has 2 rings (SSSR count). The predicted octanol–water partition coefficient (Wildman–Crippen LogP) is 1.97. The molecule has 2 aliphatic rings. The molecule has 7 heteroatoms. The molecule has 0 radical (unpaired) electrons. The van der Waals surface area contributed by atoms with Gasteiger partial charge in [-0.25, -0.2) is 4.79 Å². The Bertz CT molecular complexity index is 369. The molecule has 0 unspecified atom stereocenters. The highest BCUT2D eigenvalue weighted by Gasteiger charge is 2.53. The maximum Gasteiger partial charge on any atom is 0.411 e. The van der Waals surface area contributed by atoms with E-state index in [0.717, 1.165) is 6.42 Å². The number of ether oxygens (including phenoxy) is 2. The summed E-state index contributed by atoms with van der Waals surface area (Å²) < 4.78 is 34.6. The molecule has 5 nitrogen and oxygen atoms in total. The average Bonchev–Trinajstić information content (AvgIpc) is 2.53. The number of alkyl halides is 2. The van der Waals surface area contributed by atoms with Gasteiger partial charge in [-0.3, -0.25) is 4.90 Å². The first kappa shape index (κ1) is 15.4. The first-order valence-corrected chi connectivity index (χ1v) is 6.86. The van der Waals surface area contributed by atoms with E-state index in [1.807, 2.05) is 0 Å². The van der Waals surface area contributed by atoms with Crippen molar-refractivity contribution in [2.45, 2.75) is 57.4 Å². The van der Waals surface area contributed by atoms with Gasteiger partial charge in [0.05, 0.1) is 12.1 Å². The number of halogens is 2. The third-order valence-corrected chi connectivity index (χ3v) is 3.72. The summed E-state index contributed by atoms with van der Waals surface area (Å²) in [6.45, 7) is 3.48. The fourth-order valence-electron chi connectivity index (χ4n) is 2.98. The van der Waals surface area contributed by atoms with Gasteiger partial charge in [-0.2, -0.15) is 8.78 Å². The summed E-state index contributed by atoms with van der Waals surface area (Å²) in [4.78, 5) is 14.0. The van der Waals surface area contributed by atoms with Crippen molar-refractivity contribution >= 4 is 6.09 Å². The zero-order valence-corrected chi connectivity index (χ0v) is 12.1. The van der Waals surface area contributed by atoms with Crippen LogP contribution in [0.25, 0.3) is 0 Å². The van der Waals surface area contributed by atoms with Crippen molar-refractivity contribution < 1.29 is 23.0 Å². The molecular weight excluding hydrogens is 270 g/mol. The quantitative estimate of drug-likeness (QED) is 0.864. The molecule has 2 aliphatic heterocycles. The number of nitrogens with zero attached hydrogens (tertiary/aromatic N) is 1. The fraction of sp³-hybridized carbons (Fsp3) is 0.923. The van der Waals surface area contributed by atoms with Crippen LogP contribution in [0.1, 0.15) is 33.6 Å². The summed E-state index contributed by atoms with van der Waals surface area (Å²) in [5.74, 6) is 0. The zero-order valence-electron chi connectivity index (χ0n) is 12.1. The van der Waals surface area contributed by atoms with Crippen LogP contribution in [0.3, 0.4) is 0 Å². The fourth-order valence-corrected chi connectivity index (χ4v) is 2.98. The molecule has 2 atom stereocenters. The second kappa shape index (κ2) is 5.44. The number of amides is 1. The third-order valence-electron chi connectivity index (χ3n) is 3.72. The van der Waals surface area contributed by atoms with Gasteiger partial charge in [-0.05, 0) is 33.6 Å². The maximum atomic E-state index is 12.4. The number of rotatable bonds is 3. The van der Waals surface area contributed by atoms with E-state index in [4.69, 9.17) is 4.74 Å². The van der Waals surface area contributed by atoms with Gasteiger partial charge in [0.15, 0.2) is 0 Å². The molecule has 0 spiro atoms. The highest BCUT2D eigenvalue weighted by atomic mass is 19.3. The molecule has 116 valence electrons. The van der Waals surface area contributed by atoms with Crippen LogP contribution in [0.15, 0.2) is 0 Å². The average molecular weight is 292 g/mol. The molecule has 2 saturated heterocycles. The summed E-state index contributed by atoms with van der Waals surface area (Å²) >= 11 is 0. The Morgan fingerprint density at radius 1 is 1.50 bits per heavy atom. The Kier molecular flexibility index (Phi) is 4.20. The van der Waals surface area contributed by atoms with Crippen molar-refractivity contribution in [3.8, 4) is 0 Å². The Balaban J connectivity index is 2.13. The van der Waals surface area contributed by atoms with E-state index in [9.17, 15) is 13.6 Å². The van der Waals surface area contributed by atoms with Crippen LogP contribution in [0.2, 0.25) is 0 Å². The molecule has 0 saturated carbocycles. The molecule has 20 heavy (non-hydrogen) atoms. The molecule has 2 fully saturated rings. The van der Waals surface area contributed by atoms with Crippen LogP contribution in [0.5, 0.6) is 0 Å². The minimum Gasteiger partial charge on any atom is -0.444 e. The number of hydrogen-bond acceptors (Lipinski definition) is 4. The van der Waals surface area contributed by atoms with Gasteiger partial charge in [-0.1, -0.05) is 0 Å². The molecule has 2 bridgehead atoms. The monoisotopic (exact) mass is 292 g/mol. The topological polar surface area (TPSA) is 50.8 Å². The Morgan fingerprint density at radius 2 is 2.20 bits per heavy atom. The Hall–Kier alpha value is -0.950. The molecule has 1 N–H and O–H groups in total. The molecule has 0 aromatic rings. The highest BCUT2D eigenvalue weighted by molar-refractivity contribution is 5.70. The number of carbonyl (C=O) groups excluding carboxylic acids is 1. The smallest absolute Gasteiger partial charge is 0.411 e. The van der Waals surface area contributed by atoms with Crippen molar-refractivity contribution in [2.24, 2.45) is 0 Å². The summed E-state index contributed by atoms with van der Waals surface area (Å²) in [6, 6.07) is -0.0140. The molecule has 0 aromatic carbocycles. The van der Waals surface area contributed by atoms with E-state index in [1.54, 1.807) is 25.7 Å². The first-order valence-electron chi connectivity index (χ1n) is 6.86. The highest BCUT2D eigenvalue weighted by Crippen LogP contribution is 2.38. The van der Waals surface area contributed by atoms with Crippen LogP contribution in [-0.4, -0.2) is 54.5 Å². The van der Waals surface area contributed by atoms with E-state index < -0.39 is 23.8 Å². The van der Waals surface area contributed by atoms with Crippen molar-refractivity contribution in [2.75, 3.05) is 19.7 Å². The lowest BCUT2D eigenvalue weighted by molar-refractivity contribution is -0.156. The largest absolute Gasteiger partial charge is 0.444 e. The second-order valence-electron chi connectivity index (χ2n) is 6.47. The standard InChI is InChI=1S/C13H22F2N2O3/c1-12(2,3)20-11(18)17-9-4-5-13(17,7-16-6-9)8-19-10(14)15/h9-10,16H,4-8H2,1-3H3/t9-,13+/m0/s1. The second-order valence-corrected chi connectivity index (χ2v) is 6.47. The SMILES string of the molecule is CC(C)(C)OC(=O)N1[C@H]2CC[C@]1(COC(F)F)CNC2. The van der Waals surface area contributed by atoms with Crippen LogP contribution in [0.4, 0.5) is 13.6 Å². The lowest BCUT2D eigenvalue weighted by Crippen LogP contribution is -2.64. The van der Waals surface area contributed by atoms with Gasteiger partial charge in [0.25, 0.3) is 0 Å². The molecule has 0 aromatic heterocycles. The van der Waals surface area contributed by atoms with Crippen molar-refractivity contribution in [1.82, 2.24) is 10.2 Å². The van der Waals surface area contributed by atoms with Gasteiger partial charge in [0.2, 0.25) is 0 Å². The molecule has 2 heterocycles. The normalized spacial score (nSPS) is 29.9. The molecule has 0 aliphatic carbocycles. The Labute approximate surface area is 117 Å². The third kappa shape index (κ3) is 3.20. The Morgan fingerprint density at radius 3 is 2.80 bits per heavy atom. The minimum absolute atomic E-state index is 0.0140. The number of fused-ring (bicyclic) bond motifs is 2. The van der Waals surface area contributed by atoms with Crippen molar-refractivity contribution in [1.29, 1.82) is 0 Å². The van der Waals surface area contributed by atoms with E-state index >= 15 is 0 Å². The molecular formula is C13H22F2N2O3. The summed E-state index contributed by atoms with van der Waals surface area (Å²) in [5.41, 5.74) is -1.33. The lowest BCUT2D eigenvalue weighted by atomic mass is 9.97. The van der Waals surface area contributed by atoms with Crippen LogP contribution in [0, 0.1) is 0 Å². The van der Waals surface area contributed by atoms with Crippen LogP contribution >= 0.6 is 0 Å². The maximum absolute atomic E-state index is 12.4. The van der Waals surface area contributed by atoms with Crippen LogP contribution in [-0.2, 0) is 9.47 Å². The van der Waals surface area contributed by atoms with E-state index in [2.05, 4.69) is 10.1 Å². The number of piperazine rings is 1. The zero-order chi connectivity index (χ0) is 15.0. The minimum atomic E-state index is -2.83. The summed E-state index contributed by atoms with van der Waals surface area (Å²) in [7, 11) is 0.